The predicted octanol–water partition coefficient (Wildman–Crippen LogP) is 2.15. The van der Waals surface area contributed by atoms with Gasteiger partial charge in [0.1, 0.15) is 11.9 Å². The molecule has 3 aliphatic rings. The Kier molecular flexibility index (Phi) is 5.29. The van der Waals surface area contributed by atoms with E-state index in [-0.39, 0.29) is 23.8 Å². The van der Waals surface area contributed by atoms with Gasteiger partial charge in [-0.25, -0.2) is 9.18 Å². The first kappa shape index (κ1) is 18.2. The van der Waals surface area contributed by atoms with Crippen molar-refractivity contribution in [1.29, 1.82) is 0 Å². The number of hydrogen-bond donors (Lipinski definition) is 0. The van der Waals surface area contributed by atoms with Crippen LogP contribution in [-0.2, 0) is 4.79 Å². The number of unbranched alkanes of at least 4 members (excludes halogenated alkanes) is 1. The number of hydrogen-bond acceptors (Lipinski definition) is 4. The molecule has 0 aliphatic carbocycles. The van der Waals surface area contributed by atoms with E-state index in [0.717, 1.165) is 70.6 Å². The Morgan fingerprint density at radius 2 is 1.63 bits per heavy atom. The van der Waals surface area contributed by atoms with Gasteiger partial charge in [-0.1, -0.05) is 0 Å². The number of imide groups is 1. The van der Waals surface area contributed by atoms with Crippen LogP contribution in [0, 0.1) is 5.82 Å². The van der Waals surface area contributed by atoms with Crippen molar-refractivity contribution in [2.75, 3.05) is 50.7 Å². The Hall–Kier alpha value is -2.15. The second-order valence-electron chi connectivity index (χ2n) is 7.64. The number of piperazine rings is 1. The van der Waals surface area contributed by atoms with E-state index in [1.165, 1.54) is 17.0 Å². The lowest BCUT2D eigenvalue weighted by molar-refractivity contribution is -0.128. The van der Waals surface area contributed by atoms with Gasteiger partial charge in [0.05, 0.1) is 0 Å². The molecule has 0 bridgehead atoms. The summed E-state index contributed by atoms with van der Waals surface area (Å²) in [6.45, 7) is 6.09. The maximum absolute atomic E-state index is 13.0. The summed E-state index contributed by atoms with van der Waals surface area (Å²) in [6.07, 6.45) is 3.60. The minimum Gasteiger partial charge on any atom is -0.369 e. The van der Waals surface area contributed by atoms with E-state index in [1.807, 2.05) is 12.1 Å². The molecule has 3 heterocycles. The molecular formula is C20H27FN4O2. The second-order valence-corrected chi connectivity index (χ2v) is 7.64. The van der Waals surface area contributed by atoms with Crippen LogP contribution in [0.25, 0.3) is 0 Å². The summed E-state index contributed by atoms with van der Waals surface area (Å²) in [5.41, 5.74) is 1.07. The van der Waals surface area contributed by atoms with Gasteiger partial charge in [-0.05, 0) is 56.5 Å². The highest BCUT2D eigenvalue weighted by Crippen LogP contribution is 2.27. The van der Waals surface area contributed by atoms with Crippen LogP contribution in [0.4, 0.5) is 14.9 Å². The lowest BCUT2D eigenvalue weighted by Crippen LogP contribution is -2.46. The summed E-state index contributed by atoms with van der Waals surface area (Å²) in [4.78, 5) is 32.5. The van der Waals surface area contributed by atoms with E-state index in [0.29, 0.717) is 6.54 Å². The molecule has 1 aromatic rings. The third-order valence-electron chi connectivity index (χ3n) is 5.95. The standard InChI is InChI=1S/C20H27FN4O2/c21-16-5-7-17(8-6-16)23-14-12-22(13-15-23)9-1-2-10-25-19(26)18-4-3-11-24(18)20(25)27/h5-8,18H,1-4,9-15H2/t18-/m0/s1. The van der Waals surface area contributed by atoms with Crippen molar-refractivity contribution in [2.24, 2.45) is 0 Å². The molecule has 4 rings (SSSR count). The molecule has 3 amide bonds. The average Bonchev–Trinajstić information content (AvgIpc) is 3.25. The normalized spacial score (nSPS) is 23.4. The summed E-state index contributed by atoms with van der Waals surface area (Å²) >= 11 is 0. The highest BCUT2D eigenvalue weighted by Gasteiger charge is 2.46. The molecular weight excluding hydrogens is 347 g/mol. The van der Waals surface area contributed by atoms with Gasteiger partial charge >= 0.3 is 6.03 Å². The second kappa shape index (κ2) is 7.84. The zero-order chi connectivity index (χ0) is 18.8. The van der Waals surface area contributed by atoms with Gasteiger partial charge in [-0.2, -0.15) is 0 Å². The fraction of sp³-hybridized carbons (Fsp3) is 0.600. The summed E-state index contributed by atoms with van der Waals surface area (Å²) in [5.74, 6) is -0.196. The highest BCUT2D eigenvalue weighted by atomic mass is 19.1. The number of fused-ring (bicyclic) bond motifs is 1. The van der Waals surface area contributed by atoms with Crippen LogP contribution in [-0.4, -0.2) is 78.5 Å². The Morgan fingerprint density at radius 3 is 2.33 bits per heavy atom. The monoisotopic (exact) mass is 374 g/mol. The highest BCUT2D eigenvalue weighted by molar-refractivity contribution is 6.04. The van der Waals surface area contributed by atoms with Gasteiger partial charge in [0.25, 0.3) is 5.91 Å². The van der Waals surface area contributed by atoms with Gasteiger partial charge in [-0.15, -0.1) is 0 Å². The minimum absolute atomic E-state index is 0.00501. The van der Waals surface area contributed by atoms with E-state index in [2.05, 4.69) is 9.80 Å². The van der Waals surface area contributed by atoms with E-state index < -0.39 is 0 Å². The molecule has 1 aromatic carbocycles. The summed E-state index contributed by atoms with van der Waals surface area (Å²) in [5, 5.41) is 0. The van der Waals surface area contributed by atoms with Gasteiger partial charge < -0.3 is 9.80 Å². The van der Waals surface area contributed by atoms with E-state index in [9.17, 15) is 14.0 Å². The molecule has 27 heavy (non-hydrogen) atoms. The van der Waals surface area contributed by atoms with Crippen LogP contribution in [0.2, 0.25) is 0 Å². The molecule has 0 aromatic heterocycles. The topological polar surface area (TPSA) is 47.1 Å². The molecule has 0 radical (unpaired) electrons. The van der Waals surface area contributed by atoms with Crippen molar-refractivity contribution in [2.45, 2.75) is 31.7 Å². The lowest BCUT2D eigenvalue weighted by atomic mass is 10.2. The first-order chi connectivity index (χ1) is 13.1. The van der Waals surface area contributed by atoms with Crippen molar-refractivity contribution in [1.82, 2.24) is 14.7 Å². The van der Waals surface area contributed by atoms with Crippen LogP contribution < -0.4 is 4.90 Å². The van der Waals surface area contributed by atoms with Gasteiger partial charge in [0.15, 0.2) is 0 Å². The zero-order valence-electron chi connectivity index (χ0n) is 15.6. The van der Waals surface area contributed by atoms with E-state index in [4.69, 9.17) is 0 Å². The summed E-state index contributed by atoms with van der Waals surface area (Å²) in [6, 6.07) is 6.41. The van der Waals surface area contributed by atoms with Crippen molar-refractivity contribution in [3.63, 3.8) is 0 Å². The molecule has 0 spiro atoms. The number of halogens is 1. The fourth-order valence-electron chi connectivity index (χ4n) is 4.37. The minimum atomic E-state index is -0.201. The van der Waals surface area contributed by atoms with Crippen molar-refractivity contribution >= 4 is 17.6 Å². The number of carbonyl (C=O) groups is 2. The van der Waals surface area contributed by atoms with E-state index in [1.54, 1.807) is 4.90 Å². The molecule has 3 saturated heterocycles. The van der Waals surface area contributed by atoms with Gasteiger partial charge in [-0.3, -0.25) is 14.6 Å². The maximum atomic E-state index is 13.0. The number of rotatable bonds is 6. The molecule has 3 fully saturated rings. The summed E-state index contributed by atoms with van der Waals surface area (Å²) in [7, 11) is 0. The molecule has 146 valence electrons. The molecule has 7 heteroatoms. The first-order valence-corrected chi connectivity index (χ1v) is 9.98. The van der Waals surface area contributed by atoms with Crippen molar-refractivity contribution < 1.29 is 14.0 Å². The van der Waals surface area contributed by atoms with E-state index >= 15 is 0 Å². The first-order valence-electron chi connectivity index (χ1n) is 9.98. The van der Waals surface area contributed by atoms with Crippen molar-refractivity contribution in [3.05, 3.63) is 30.1 Å². The molecule has 0 N–H and O–H groups in total. The van der Waals surface area contributed by atoms with Crippen LogP contribution in [0.5, 0.6) is 0 Å². The third-order valence-corrected chi connectivity index (χ3v) is 5.95. The van der Waals surface area contributed by atoms with Gasteiger partial charge in [0, 0.05) is 45.0 Å². The predicted molar refractivity (Wildman–Crippen MR) is 101 cm³/mol. The molecule has 6 nitrogen and oxygen atoms in total. The lowest BCUT2D eigenvalue weighted by Gasteiger charge is -2.36. The fourth-order valence-corrected chi connectivity index (χ4v) is 4.37. The SMILES string of the molecule is O=C1[C@@H]2CCCN2C(=O)N1CCCCN1CCN(c2ccc(F)cc2)CC1. The number of carbonyl (C=O) groups excluding carboxylic acids is 2. The van der Waals surface area contributed by atoms with Crippen molar-refractivity contribution in [3.8, 4) is 0 Å². The Morgan fingerprint density at radius 1 is 0.926 bits per heavy atom. The molecule has 3 aliphatic heterocycles. The quantitative estimate of drug-likeness (QED) is 0.566. The largest absolute Gasteiger partial charge is 0.369 e. The maximum Gasteiger partial charge on any atom is 0.327 e. The van der Waals surface area contributed by atoms with Crippen LogP contribution in [0.15, 0.2) is 24.3 Å². The number of nitrogens with zero attached hydrogens (tertiary/aromatic N) is 4. The number of benzene rings is 1. The number of amides is 3. The Bertz CT molecular complexity index is 666. The Balaban J connectivity index is 1.16. The molecule has 1 atom stereocenters. The third kappa shape index (κ3) is 3.78. The molecule has 0 saturated carbocycles. The number of urea groups is 1. The van der Waals surface area contributed by atoms with Gasteiger partial charge in [0.2, 0.25) is 0 Å². The number of anilines is 1. The van der Waals surface area contributed by atoms with Crippen LogP contribution in [0.3, 0.4) is 0 Å². The average molecular weight is 374 g/mol. The molecule has 0 unspecified atom stereocenters. The van der Waals surface area contributed by atoms with Crippen LogP contribution >= 0.6 is 0 Å². The Labute approximate surface area is 159 Å². The van der Waals surface area contributed by atoms with Crippen LogP contribution in [0.1, 0.15) is 25.7 Å². The summed E-state index contributed by atoms with van der Waals surface area (Å²) < 4.78 is 13.0. The smallest absolute Gasteiger partial charge is 0.327 e. The zero-order valence-corrected chi connectivity index (χ0v) is 15.6.